The van der Waals surface area contributed by atoms with Crippen molar-refractivity contribution in [2.24, 2.45) is 0 Å². The third kappa shape index (κ3) is 5.35. The second-order valence-electron chi connectivity index (χ2n) is 1.90. The largest absolute Gasteiger partial charge is 0.392 e. The van der Waals surface area contributed by atoms with Gasteiger partial charge in [0.25, 0.3) is 0 Å². The topological polar surface area (TPSA) is 32.3 Å². The summed E-state index contributed by atoms with van der Waals surface area (Å²) in [5, 5.41) is 11.9. The molecule has 0 spiro atoms. The van der Waals surface area contributed by atoms with Gasteiger partial charge in [-0.1, -0.05) is 12.8 Å². The first-order chi connectivity index (χ1) is 4.31. The molecule has 0 aliphatic rings. The molecule has 0 aromatic heterocycles. The fraction of sp³-hybridized carbons (Fsp3) is 0.714. The standard InChI is InChI=1S/C7H13NO/c1-3-5-8-6-7(9)4-2/h1,7-9H,4-6H2,2H3. The number of aliphatic hydroxyl groups excluding tert-OH is 1. The van der Waals surface area contributed by atoms with Gasteiger partial charge in [-0.25, -0.2) is 0 Å². The first kappa shape index (κ1) is 8.48. The van der Waals surface area contributed by atoms with E-state index < -0.39 is 0 Å². The predicted octanol–water partition coefficient (Wildman–Crippen LogP) is -0.0199. The van der Waals surface area contributed by atoms with E-state index in [4.69, 9.17) is 11.5 Å². The molecule has 0 aromatic carbocycles. The van der Waals surface area contributed by atoms with Gasteiger partial charge in [0.05, 0.1) is 12.6 Å². The lowest BCUT2D eigenvalue weighted by molar-refractivity contribution is 0.169. The summed E-state index contributed by atoms with van der Waals surface area (Å²) in [7, 11) is 0. The third-order valence-electron chi connectivity index (χ3n) is 1.08. The Morgan fingerprint density at radius 2 is 2.44 bits per heavy atom. The molecule has 0 aromatic rings. The maximum absolute atomic E-state index is 8.95. The summed E-state index contributed by atoms with van der Waals surface area (Å²) < 4.78 is 0. The number of terminal acetylenes is 1. The second-order valence-corrected chi connectivity index (χ2v) is 1.90. The van der Waals surface area contributed by atoms with E-state index >= 15 is 0 Å². The van der Waals surface area contributed by atoms with Gasteiger partial charge in [-0.05, 0) is 6.42 Å². The van der Waals surface area contributed by atoms with Crippen molar-refractivity contribution in [2.45, 2.75) is 19.4 Å². The number of rotatable bonds is 4. The normalized spacial score (nSPS) is 12.6. The van der Waals surface area contributed by atoms with Gasteiger partial charge in [0, 0.05) is 6.54 Å². The van der Waals surface area contributed by atoms with Gasteiger partial charge in [-0.2, -0.15) is 0 Å². The van der Waals surface area contributed by atoms with Crippen molar-refractivity contribution in [3.8, 4) is 12.3 Å². The minimum atomic E-state index is -0.252. The molecule has 1 atom stereocenters. The van der Waals surface area contributed by atoms with E-state index in [1.807, 2.05) is 6.92 Å². The number of hydrogen-bond acceptors (Lipinski definition) is 2. The highest BCUT2D eigenvalue weighted by Gasteiger charge is 1.96. The third-order valence-corrected chi connectivity index (χ3v) is 1.08. The highest BCUT2D eigenvalue weighted by atomic mass is 16.3. The second kappa shape index (κ2) is 5.61. The van der Waals surface area contributed by atoms with Gasteiger partial charge < -0.3 is 10.4 Å². The Morgan fingerprint density at radius 3 is 2.89 bits per heavy atom. The maximum Gasteiger partial charge on any atom is 0.0662 e. The Bertz CT molecular complexity index is 95.6. The molecule has 2 nitrogen and oxygen atoms in total. The summed E-state index contributed by atoms with van der Waals surface area (Å²) in [6, 6.07) is 0. The van der Waals surface area contributed by atoms with Crippen LogP contribution in [0.2, 0.25) is 0 Å². The van der Waals surface area contributed by atoms with Crippen LogP contribution in [-0.2, 0) is 0 Å². The van der Waals surface area contributed by atoms with Gasteiger partial charge in [0.1, 0.15) is 0 Å². The van der Waals surface area contributed by atoms with E-state index in [1.54, 1.807) is 0 Å². The molecule has 0 saturated carbocycles. The predicted molar refractivity (Wildman–Crippen MR) is 38.0 cm³/mol. The first-order valence-electron chi connectivity index (χ1n) is 3.13. The van der Waals surface area contributed by atoms with Crippen molar-refractivity contribution in [3.63, 3.8) is 0 Å². The molecule has 9 heavy (non-hydrogen) atoms. The minimum absolute atomic E-state index is 0.252. The van der Waals surface area contributed by atoms with Crippen LogP contribution < -0.4 is 5.32 Å². The summed E-state index contributed by atoms with van der Waals surface area (Å²) in [6.45, 7) is 3.07. The molecule has 1 unspecified atom stereocenters. The van der Waals surface area contributed by atoms with E-state index in [1.165, 1.54) is 0 Å². The summed E-state index contributed by atoms with van der Waals surface area (Å²) in [4.78, 5) is 0. The van der Waals surface area contributed by atoms with Gasteiger partial charge in [-0.15, -0.1) is 6.42 Å². The van der Waals surface area contributed by atoms with Gasteiger partial charge in [-0.3, -0.25) is 0 Å². The lowest BCUT2D eigenvalue weighted by Gasteiger charge is -2.05. The van der Waals surface area contributed by atoms with E-state index in [0.29, 0.717) is 13.1 Å². The summed E-state index contributed by atoms with van der Waals surface area (Å²) in [5.74, 6) is 2.42. The fourth-order valence-electron chi connectivity index (χ4n) is 0.455. The lowest BCUT2D eigenvalue weighted by atomic mass is 10.3. The van der Waals surface area contributed by atoms with Crippen molar-refractivity contribution >= 4 is 0 Å². The number of hydrogen-bond donors (Lipinski definition) is 2. The molecular weight excluding hydrogens is 114 g/mol. The van der Waals surface area contributed by atoms with Crippen molar-refractivity contribution < 1.29 is 5.11 Å². The first-order valence-corrected chi connectivity index (χ1v) is 3.13. The van der Waals surface area contributed by atoms with Gasteiger partial charge in [0.2, 0.25) is 0 Å². The van der Waals surface area contributed by atoms with Crippen LogP contribution in [0.25, 0.3) is 0 Å². The van der Waals surface area contributed by atoms with Crippen molar-refractivity contribution in [2.75, 3.05) is 13.1 Å². The summed E-state index contributed by atoms with van der Waals surface area (Å²) in [5.41, 5.74) is 0. The molecule has 0 radical (unpaired) electrons. The van der Waals surface area contributed by atoms with Crippen LogP contribution in [0.1, 0.15) is 13.3 Å². The molecule has 0 heterocycles. The zero-order valence-corrected chi connectivity index (χ0v) is 5.72. The molecule has 0 aliphatic heterocycles. The van der Waals surface area contributed by atoms with Crippen LogP contribution in [-0.4, -0.2) is 24.3 Å². The smallest absolute Gasteiger partial charge is 0.0662 e. The summed E-state index contributed by atoms with van der Waals surface area (Å²) in [6.07, 6.45) is 5.49. The molecule has 0 saturated heterocycles. The Balaban J connectivity index is 2.99. The van der Waals surface area contributed by atoms with Crippen molar-refractivity contribution in [3.05, 3.63) is 0 Å². The van der Waals surface area contributed by atoms with Crippen LogP contribution in [0.15, 0.2) is 0 Å². The van der Waals surface area contributed by atoms with E-state index in [2.05, 4.69) is 11.2 Å². The average Bonchev–Trinajstić information content (AvgIpc) is 1.89. The molecular formula is C7H13NO. The van der Waals surface area contributed by atoms with E-state index in [-0.39, 0.29) is 6.10 Å². The molecule has 0 aliphatic carbocycles. The van der Waals surface area contributed by atoms with E-state index in [0.717, 1.165) is 6.42 Å². The Kier molecular flexibility index (Phi) is 5.29. The Labute approximate surface area is 56.3 Å². The number of aliphatic hydroxyl groups is 1. The molecule has 0 rings (SSSR count). The van der Waals surface area contributed by atoms with Crippen LogP contribution in [0.4, 0.5) is 0 Å². The van der Waals surface area contributed by atoms with Crippen LogP contribution in [0.5, 0.6) is 0 Å². The SMILES string of the molecule is C#CCNCC(O)CC. The van der Waals surface area contributed by atoms with Crippen molar-refractivity contribution in [1.82, 2.24) is 5.32 Å². The fourth-order valence-corrected chi connectivity index (χ4v) is 0.455. The quantitative estimate of drug-likeness (QED) is 0.411. The molecule has 2 heteroatoms. The molecule has 0 bridgehead atoms. The van der Waals surface area contributed by atoms with Crippen LogP contribution >= 0.6 is 0 Å². The van der Waals surface area contributed by atoms with Crippen molar-refractivity contribution in [1.29, 1.82) is 0 Å². The monoisotopic (exact) mass is 127 g/mol. The summed E-state index contributed by atoms with van der Waals surface area (Å²) >= 11 is 0. The van der Waals surface area contributed by atoms with E-state index in [9.17, 15) is 0 Å². The highest BCUT2D eigenvalue weighted by Crippen LogP contribution is 1.84. The molecule has 52 valence electrons. The van der Waals surface area contributed by atoms with Gasteiger partial charge >= 0.3 is 0 Å². The molecule has 2 N–H and O–H groups in total. The zero-order chi connectivity index (χ0) is 7.11. The van der Waals surface area contributed by atoms with Crippen LogP contribution in [0.3, 0.4) is 0 Å². The molecule has 0 fully saturated rings. The van der Waals surface area contributed by atoms with Crippen LogP contribution in [0, 0.1) is 12.3 Å². The molecule has 0 amide bonds. The average molecular weight is 127 g/mol. The lowest BCUT2D eigenvalue weighted by Crippen LogP contribution is -2.26. The Hall–Kier alpha value is -0.520. The minimum Gasteiger partial charge on any atom is -0.392 e. The Morgan fingerprint density at radius 1 is 1.78 bits per heavy atom. The highest BCUT2D eigenvalue weighted by molar-refractivity contribution is 4.86. The number of nitrogens with one attached hydrogen (secondary N) is 1. The van der Waals surface area contributed by atoms with Gasteiger partial charge in [0.15, 0.2) is 0 Å². The zero-order valence-electron chi connectivity index (χ0n) is 5.72. The maximum atomic E-state index is 8.95.